The minimum atomic E-state index is 0.519. The molecular weight excluding hydrogens is 244 g/mol. The highest BCUT2D eigenvalue weighted by atomic mass is 32.2. The molecule has 0 fully saturated rings. The second-order valence-corrected chi connectivity index (χ2v) is 5.81. The highest BCUT2D eigenvalue weighted by Gasteiger charge is 2.03. The summed E-state index contributed by atoms with van der Waals surface area (Å²) in [6, 6.07) is 2.50. The van der Waals surface area contributed by atoms with Crippen LogP contribution >= 0.6 is 11.8 Å². The molecule has 1 N–H and O–H groups in total. The summed E-state index contributed by atoms with van der Waals surface area (Å²) in [6.45, 7) is 7.23. The zero-order valence-electron chi connectivity index (χ0n) is 11.2. The number of aromatic nitrogens is 3. The summed E-state index contributed by atoms with van der Waals surface area (Å²) in [4.78, 5) is 4.40. The molecule has 18 heavy (non-hydrogen) atoms. The van der Waals surface area contributed by atoms with Crippen molar-refractivity contribution in [3.05, 3.63) is 29.7 Å². The van der Waals surface area contributed by atoms with Crippen LogP contribution in [0.15, 0.2) is 18.5 Å². The molecule has 0 amide bonds. The van der Waals surface area contributed by atoms with Crippen LogP contribution in [0.4, 0.5) is 0 Å². The van der Waals surface area contributed by atoms with E-state index in [9.17, 15) is 0 Å². The smallest absolute Gasteiger partial charge is 0.155 e. The van der Waals surface area contributed by atoms with Crippen LogP contribution in [0, 0.1) is 6.92 Å². The maximum Gasteiger partial charge on any atom is 0.155 e. The van der Waals surface area contributed by atoms with Gasteiger partial charge in [-0.1, -0.05) is 6.92 Å². The van der Waals surface area contributed by atoms with Gasteiger partial charge in [0.1, 0.15) is 0 Å². The summed E-state index contributed by atoms with van der Waals surface area (Å²) in [5, 5.41) is 7.88. The van der Waals surface area contributed by atoms with Crippen molar-refractivity contribution >= 4 is 17.4 Å². The largest absolute Gasteiger partial charge is 0.309 e. The van der Waals surface area contributed by atoms with E-state index in [1.54, 1.807) is 0 Å². The molecule has 0 aliphatic rings. The third-order valence-electron chi connectivity index (χ3n) is 2.72. The van der Waals surface area contributed by atoms with E-state index in [4.69, 9.17) is 0 Å². The molecule has 0 saturated heterocycles. The number of hydrogen-bond acceptors (Lipinski definition) is 4. The average Bonchev–Trinajstić information content (AvgIpc) is 2.73. The molecule has 2 aromatic heterocycles. The van der Waals surface area contributed by atoms with Gasteiger partial charge in [0.15, 0.2) is 5.65 Å². The SMILES string of the molecule is CCSCC(C)NCc1cnc2cc(C)nn2c1. The molecule has 0 bridgehead atoms. The Morgan fingerprint density at radius 2 is 2.33 bits per heavy atom. The lowest BCUT2D eigenvalue weighted by Gasteiger charge is -2.12. The molecular formula is C13H20N4S. The summed E-state index contributed by atoms with van der Waals surface area (Å²) >= 11 is 1.96. The van der Waals surface area contributed by atoms with Crippen LogP contribution in [0.2, 0.25) is 0 Å². The molecule has 2 rings (SSSR count). The van der Waals surface area contributed by atoms with Crippen LogP contribution in [0.25, 0.3) is 5.65 Å². The first-order valence-corrected chi connectivity index (χ1v) is 7.46. The number of fused-ring (bicyclic) bond motifs is 1. The van der Waals surface area contributed by atoms with Crippen LogP contribution in [0.5, 0.6) is 0 Å². The van der Waals surface area contributed by atoms with Gasteiger partial charge in [0, 0.05) is 42.4 Å². The Kier molecular flexibility index (Phi) is 4.60. The van der Waals surface area contributed by atoms with Crippen LogP contribution in [-0.2, 0) is 6.54 Å². The van der Waals surface area contributed by atoms with E-state index >= 15 is 0 Å². The Bertz CT molecular complexity index is 509. The van der Waals surface area contributed by atoms with Crippen molar-refractivity contribution in [1.29, 1.82) is 0 Å². The molecule has 4 nitrogen and oxygen atoms in total. The van der Waals surface area contributed by atoms with Gasteiger partial charge in [-0.3, -0.25) is 0 Å². The molecule has 0 aliphatic carbocycles. The molecule has 1 atom stereocenters. The molecule has 0 saturated carbocycles. The van der Waals surface area contributed by atoms with Gasteiger partial charge < -0.3 is 5.32 Å². The van der Waals surface area contributed by atoms with Gasteiger partial charge in [-0.2, -0.15) is 16.9 Å². The number of nitrogens with zero attached hydrogens (tertiary/aromatic N) is 3. The fraction of sp³-hybridized carbons (Fsp3) is 0.538. The minimum absolute atomic E-state index is 0.519. The van der Waals surface area contributed by atoms with Crippen LogP contribution in [-0.4, -0.2) is 32.1 Å². The molecule has 5 heteroatoms. The lowest BCUT2D eigenvalue weighted by atomic mass is 10.3. The molecule has 1 unspecified atom stereocenters. The second kappa shape index (κ2) is 6.20. The van der Waals surface area contributed by atoms with Crippen molar-refractivity contribution in [1.82, 2.24) is 19.9 Å². The maximum atomic E-state index is 4.40. The van der Waals surface area contributed by atoms with Gasteiger partial charge in [0.2, 0.25) is 0 Å². The van der Waals surface area contributed by atoms with Crippen LogP contribution < -0.4 is 5.32 Å². The Labute approximate surface area is 112 Å². The quantitative estimate of drug-likeness (QED) is 0.869. The number of rotatable bonds is 6. The van der Waals surface area contributed by atoms with Gasteiger partial charge in [-0.15, -0.1) is 0 Å². The van der Waals surface area contributed by atoms with Crippen molar-refractivity contribution in [2.24, 2.45) is 0 Å². The highest BCUT2D eigenvalue weighted by molar-refractivity contribution is 7.99. The number of thioether (sulfide) groups is 1. The predicted molar refractivity (Wildman–Crippen MR) is 77.0 cm³/mol. The zero-order valence-corrected chi connectivity index (χ0v) is 12.0. The predicted octanol–water partition coefficient (Wildman–Crippen LogP) is 2.27. The topological polar surface area (TPSA) is 42.2 Å². The summed E-state index contributed by atoms with van der Waals surface area (Å²) < 4.78 is 1.85. The van der Waals surface area contributed by atoms with Gasteiger partial charge in [-0.25, -0.2) is 9.50 Å². The van der Waals surface area contributed by atoms with Gasteiger partial charge >= 0.3 is 0 Å². The first-order valence-electron chi connectivity index (χ1n) is 6.31. The first-order chi connectivity index (χ1) is 8.69. The number of nitrogens with one attached hydrogen (secondary N) is 1. The molecule has 2 heterocycles. The molecule has 0 radical (unpaired) electrons. The summed E-state index contributed by atoms with van der Waals surface area (Å²) in [5.74, 6) is 2.32. The first kappa shape index (κ1) is 13.4. The normalized spacial score (nSPS) is 13.1. The van der Waals surface area contributed by atoms with E-state index in [-0.39, 0.29) is 0 Å². The molecule has 0 aliphatic heterocycles. The van der Waals surface area contributed by atoms with Crippen LogP contribution in [0.1, 0.15) is 25.1 Å². The van der Waals surface area contributed by atoms with Gasteiger partial charge in [0.05, 0.1) is 5.69 Å². The van der Waals surface area contributed by atoms with E-state index in [1.165, 1.54) is 11.3 Å². The number of aryl methyl sites for hydroxylation is 1. The van der Waals surface area contributed by atoms with E-state index < -0.39 is 0 Å². The van der Waals surface area contributed by atoms with E-state index in [1.807, 2.05) is 41.7 Å². The Hall–Kier alpha value is -1.07. The second-order valence-electron chi connectivity index (χ2n) is 4.49. The zero-order chi connectivity index (χ0) is 13.0. The molecule has 0 spiro atoms. The van der Waals surface area contributed by atoms with Crippen molar-refractivity contribution in [2.45, 2.75) is 33.4 Å². The lowest BCUT2D eigenvalue weighted by molar-refractivity contribution is 0.592. The lowest BCUT2D eigenvalue weighted by Crippen LogP contribution is -2.27. The average molecular weight is 264 g/mol. The fourth-order valence-corrected chi connectivity index (χ4v) is 2.48. The molecule has 2 aromatic rings. The Balaban J connectivity index is 1.95. The monoisotopic (exact) mass is 264 g/mol. The Morgan fingerprint density at radius 1 is 1.50 bits per heavy atom. The van der Waals surface area contributed by atoms with Crippen molar-refractivity contribution in [3.63, 3.8) is 0 Å². The van der Waals surface area contributed by atoms with Gasteiger partial charge in [-0.05, 0) is 19.6 Å². The number of hydrogen-bond donors (Lipinski definition) is 1. The van der Waals surface area contributed by atoms with Crippen molar-refractivity contribution < 1.29 is 0 Å². The molecule has 98 valence electrons. The standard InChI is InChI=1S/C13H20N4S/c1-4-18-9-11(3)14-6-12-7-15-13-5-10(2)16-17(13)8-12/h5,7-8,11,14H,4,6,9H2,1-3H3. The third-order valence-corrected chi connectivity index (χ3v) is 3.86. The van der Waals surface area contributed by atoms with Gasteiger partial charge in [0.25, 0.3) is 0 Å². The fourth-order valence-electron chi connectivity index (χ4n) is 1.77. The minimum Gasteiger partial charge on any atom is -0.309 e. The summed E-state index contributed by atoms with van der Waals surface area (Å²) in [5.41, 5.74) is 3.07. The summed E-state index contributed by atoms with van der Waals surface area (Å²) in [6.07, 6.45) is 3.96. The van der Waals surface area contributed by atoms with E-state index in [0.717, 1.165) is 23.6 Å². The van der Waals surface area contributed by atoms with E-state index in [0.29, 0.717) is 6.04 Å². The van der Waals surface area contributed by atoms with Crippen LogP contribution in [0.3, 0.4) is 0 Å². The van der Waals surface area contributed by atoms with Crippen molar-refractivity contribution in [3.8, 4) is 0 Å². The molecule has 0 aromatic carbocycles. The third kappa shape index (κ3) is 3.46. The Morgan fingerprint density at radius 3 is 3.11 bits per heavy atom. The highest BCUT2D eigenvalue weighted by Crippen LogP contribution is 2.06. The van der Waals surface area contributed by atoms with Crippen molar-refractivity contribution in [2.75, 3.05) is 11.5 Å². The van der Waals surface area contributed by atoms with E-state index in [2.05, 4.69) is 29.2 Å². The maximum absolute atomic E-state index is 4.40. The summed E-state index contributed by atoms with van der Waals surface area (Å²) in [7, 11) is 0.